The summed E-state index contributed by atoms with van der Waals surface area (Å²) in [6.45, 7) is 3.64. The molecular weight excluding hydrogens is 395 g/mol. The van der Waals surface area contributed by atoms with Crippen LogP contribution in [0.2, 0.25) is 0 Å². The third-order valence-corrected chi connectivity index (χ3v) is 4.88. The van der Waals surface area contributed by atoms with E-state index >= 15 is 0 Å². The predicted octanol–water partition coefficient (Wildman–Crippen LogP) is 4.77. The van der Waals surface area contributed by atoms with Crippen molar-refractivity contribution in [1.29, 1.82) is 0 Å². The molecule has 9 heteroatoms. The van der Waals surface area contributed by atoms with Gasteiger partial charge in [-0.1, -0.05) is 13.0 Å². The number of aryl methyl sites for hydroxylation is 1. The van der Waals surface area contributed by atoms with Gasteiger partial charge in [0.25, 0.3) is 0 Å². The fraction of sp³-hybridized carbons (Fsp3) is 0.238. The lowest BCUT2D eigenvalue weighted by atomic mass is 10.0. The maximum atomic E-state index is 13.3. The molecule has 30 heavy (non-hydrogen) atoms. The summed E-state index contributed by atoms with van der Waals surface area (Å²) in [6, 6.07) is 5.33. The Kier molecular flexibility index (Phi) is 4.89. The SMILES string of the molecule is CCC(=O)c1ccc(Nc2nccn3c(C4=CCN=C4C(F)(F)F)cnc23)cc1C. The Morgan fingerprint density at radius 3 is 2.77 bits per heavy atom. The van der Waals surface area contributed by atoms with Crippen molar-refractivity contribution in [2.45, 2.75) is 26.4 Å². The first-order chi connectivity index (χ1) is 14.3. The molecular formula is C21H18F3N5O. The number of hydrogen-bond acceptors (Lipinski definition) is 5. The topological polar surface area (TPSA) is 71.7 Å². The predicted molar refractivity (Wildman–Crippen MR) is 108 cm³/mol. The molecule has 6 nitrogen and oxygen atoms in total. The van der Waals surface area contributed by atoms with Gasteiger partial charge in [0.2, 0.25) is 0 Å². The van der Waals surface area contributed by atoms with Crippen LogP contribution >= 0.6 is 0 Å². The number of ketones is 1. The number of aromatic nitrogens is 3. The highest BCUT2D eigenvalue weighted by molar-refractivity contribution is 6.27. The molecule has 0 saturated carbocycles. The molecule has 1 N–H and O–H groups in total. The number of anilines is 2. The Morgan fingerprint density at radius 2 is 2.07 bits per heavy atom. The third kappa shape index (κ3) is 3.47. The molecule has 0 aliphatic carbocycles. The minimum Gasteiger partial charge on any atom is -0.337 e. The van der Waals surface area contributed by atoms with E-state index in [-0.39, 0.29) is 17.9 Å². The zero-order chi connectivity index (χ0) is 21.5. The molecule has 0 atom stereocenters. The maximum absolute atomic E-state index is 13.3. The van der Waals surface area contributed by atoms with E-state index in [0.29, 0.717) is 34.8 Å². The fourth-order valence-corrected chi connectivity index (χ4v) is 3.47. The standard InChI is InChI=1S/C21H18F3N5O/c1-3-17(30)14-5-4-13(10-12(14)2)28-19-20-27-11-16(29(20)9-8-26-19)15-6-7-25-18(15)21(22,23)24/h4-6,8-11H,3,7H2,1-2H3,(H,26,28). The van der Waals surface area contributed by atoms with Crippen LogP contribution in [0, 0.1) is 6.92 Å². The number of carbonyl (C=O) groups excluding carboxylic acids is 1. The van der Waals surface area contributed by atoms with Crippen molar-refractivity contribution in [3.63, 3.8) is 0 Å². The van der Waals surface area contributed by atoms with Gasteiger partial charge in [-0.3, -0.25) is 14.2 Å². The van der Waals surface area contributed by atoms with Crippen molar-refractivity contribution in [2.24, 2.45) is 4.99 Å². The summed E-state index contributed by atoms with van der Waals surface area (Å²) in [7, 11) is 0. The van der Waals surface area contributed by atoms with Crippen LogP contribution in [0.3, 0.4) is 0 Å². The number of nitrogens with one attached hydrogen (secondary N) is 1. The number of allylic oxidation sites excluding steroid dienone is 1. The molecule has 0 radical (unpaired) electrons. The Morgan fingerprint density at radius 1 is 1.27 bits per heavy atom. The summed E-state index contributed by atoms with van der Waals surface area (Å²) in [6.07, 6.45) is 1.76. The van der Waals surface area contributed by atoms with Crippen LogP contribution in [0.15, 0.2) is 47.9 Å². The largest absolute Gasteiger partial charge is 0.433 e. The fourth-order valence-electron chi connectivity index (χ4n) is 3.47. The maximum Gasteiger partial charge on any atom is 0.433 e. The number of halogens is 3. The zero-order valence-corrected chi connectivity index (χ0v) is 16.3. The molecule has 1 aromatic carbocycles. The molecule has 4 rings (SSSR count). The van der Waals surface area contributed by atoms with Gasteiger partial charge in [0.1, 0.15) is 5.71 Å². The molecule has 0 amide bonds. The van der Waals surface area contributed by atoms with Gasteiger partial charge in [-0.15, -0.1) is 0 Å². The van der Waals surface area contributed by atoms with Gasteiger partial charge >= 0.3 is 6.18 Å². The number of fused-ring (bicyclic) bond motifs is 1. The van der Waals surface area contributed by atoms with Crippen molar-refractivity contribution in [3.05, 3.63) is 59.7 Å². The number of aliphatic imine (C=N–C) groups is 1. The van der Waals surface area contributed by atoms with E-state index < -0.39 is 11.9 Å². The van der Waals surface area contributed by atoms with Gasteiger partial charge in [-0.2, -0.15) is 13.2 Å². The van der Waals surface area contributed by atoms with Crippen LogP contribution < -0.4 is 5.32 Å². The highest BCUT2D eigenvalue weighted by atomic mass is 19.4. The van der Waals surface area contributed by atoms with Gasteiger partial charge in [-0.05, 0) is 30.7 Å². The van der Waals surface area contributed by atoms with E-state index in [1.165, 1.54) is 18.5 Å². The first-order valence-electron chi connectivity index (χ1n) is 9.35. The van der Waals surface area contributed by atoms with Crippen LogP contribution in [0.1, 0.15) is 35.0 Å². The highest BCUT2D eigenvalue weighted by Gasteiger charge is 2.40. The van der Waals surface area contributed by atoms with E-state index in [9.17, 15) is 18.0 Å². The molecule has 3 aromatic rings. The Labute approximate surface area is 170 Å². The Balaban J connectivity index is 1.69. The third-order valence-electron chi connectivity index (χ3n) is 4.88. The molecule has 2 aromatic heterocycles. The summed E-state index contributed by atoms with van der Waals surface area (Å²) < 4.78 is 41.4. The summed E-state index contributed by atoms with van der Waals surface area (Å²) in [5, 5.41) is 3.14. The first kappa shape index (κ1) is 19.8. The van der Waals surface area contributed by atoms with Gasteiger partial charge in [-0.25, -0.2) is 9.97 Å². The molecule has 0 fully saturated rings. The molecule has 0 saturated heterocycles. The number of rotatable bonds is 5. The molecule has 1 aliphatic rings. The molecule has 0 spiro atoms. The van der Waals surface area contributed by atoms with Crippen LogP contribution in [-0.2, 0) is 0 Å². The summed E-state index contributed by atoms with van der Waals surface area (Å²) in [5.41, 5.74) is 1.96. The second kappa shape index (κ2) is 7.40. The summed E-state index contributed by atoms with van der Waals surface area (Å²) in [4.78, 5) is 24.1. The minimum absolute atomic E-state index is 0.00502. The van der Waals surface area contributed by atoms with Crippen molar-refractivity contribution >= 4 is 34.2 Å². The molecule has 154 valence electrons. The number of hydrogen-bond donors (Lipinski definition) is 1. The second-order valence-electron chi connectivity index (χ2n) is 6.85. The van der Waals surface area contributed by atoms with Crippen molar-refractivity contribution in [2.75, 3.05) is 11.9 Å². The van der Waals surface area contributed by atoms with E-state index in [2.05, 4.69) is 20.3 Å². The van der Waals surface area contributed by atoms with Crippen LogP contribution in [-0.4, -0.2) is 38.6 Å². The minimum atomic E-state index is -4.53. The second-order valence-corrected chi connectivity index (χ2v) is 6.85. The smallest absolute Gasteiger partial charge is 0.337 e. The molecule has 0 unspecified atom stereocenters. The van der Waals surface area contributed by atoms with E-state index in [1.807, 2.05) is 19.9 Å². The van der Waals surface area contributed by atoms with Gasteiger partial charge in [0.15, 0.2) is 17.2 Å². The van der Waals surface area contributed by atoms with Gasteiger partial charge < -0.3 is 5.32 Å². The average Bonchev–Trinajstić information content (AvgIpc) is 3.34. The number of benzene rings is 1. The molecule has 1 aliphatic heterocycles. The Hall–Kier alpha value is -3.49. The normalized spacial score (nSPS) is 14.0. The first-order valence-corrected chi connectivity index (χ1v) is 9.35. The molecule has 0 bridgehead atoms. The Bertz CT molecular complexity index is 1210. The molecule has 3 heterocycles. The number of imidazole rings is 1. The highest BCUT2D eigenvalue weighted by Crippen LogP contribution is 2.32. The summed E-state index contributed by atoms with van der Waals surface area (Å²) in [5.74, 6) is 0.450. The average molecular weight is 413 g/mol. The van der Waals surface area contributed by atoms with Gasteiger partial charge in [0, 0.05) is 35.6 Å². The number of alkyl halides is 3. The van der Waals surface area contributed by atoms with E-state index in [0.717, 1.165) is 5.56 Å². The van der Waals surface area contributed by atoms with Crippen LogP contribution in [0.25, 0.3) is 11.2 Å². The quantitative estimate of drug-likeness (QED) is 0.612. The van der Waals surface area contributed by atoms with Gasteiger partial charge in [0.05, 0.1) is 18.4 Å². The lowest BCUT2D eigenvalue weighted by Gasteiger charge is -2.12. The van der Waals surface area contributed by atoms with Crippen LogP contribution in [0.4, 0.5) is 24.7 Å². The number of nitrogens with zero attached hydrogens (tertiary/aromatic N) is 4. The number of Topliss-reactive ketones (excluding diaryl/α,β-unsaturated/α-hetero) is 1. The number of carbonyl (C=O) groups is 1. The lowest BCUT2D eigenvalue weighted by molar-refractivity contribution is -0.0571. The lowest BCUT2D eigenvalue weighted by Crippen LogP contribution is -2.23. The summed E-state index contributed by atoms with van der Waals surface area (Å²) >= 11 is 0. The van der Waals surface area contributed by atoms with Crippen molar-refractivity contribution in [1.82, 2.24) is 14.4 Å². The van der Waals surface area contributed by atoms with Crippen LogP contribution in [0.5, 0.6) is 0 Å². The zero-order valence-electron chi connectivity index (χ0n) is 16.3. The van der Waals surface area contributed by atoms with Crippen molar-refractivity contribution < 1.29 is 18.0 Å². The van der Waals surface area contributed by atoms with E-state index in [1.54, 1.807) is 22.7 Å². The van der Waals surface area contributed by atoms with E-state index in [4.69, 9.17) is 0 Å². The van der Waals surface area contributed by atoms with Crippen molar-refractivity contribution in [3.8, 4) is 0 Å². The monoisotopic (exact) mass is 413 g/mol.